The highest BCUT2D eigenvalue weighted by Gasteiger charge is 2.17. The van der Waals surface area contributed by atoms with Crippen LogP contribution in [0.2, 0.25) is 0 Å². The van der Waals surface area contributed by atoms with Gasteiger partial charge < -0.3 is 14.4 Å². The number of methoxy groups -OCH3 is 1. The standard InChI is InChI=1S/C7H15O4P/c1-3-6(4-7(8)9)12(10)5-11-2/h6,12H,3-5H2,1-2H3,(H,8,9). The molecule has 72 valence electrons. The lowest BCUT2D eigenvalue weighted by molar-refractivity contribution is -0.137. The Labute approximate surface area is 72.7 Å². The highest BCUT2D eigenvalue weighted by Crippen LogP contribution is 2.32. The zero-order valence-corrected chi connectivity index (χ0v) is 8.37. The molecule has 0 radical (unpaired) electrons. The number of carbonyl (C=O) groups is 1. The molecule has 0 aromatic heterocycles. The Morgan fingerprint density at radius 2 is 2.25 bits per heavy atom. The molecule has 12 heavy (non-hydrogen) atoms. The van der Waals surface area contributed by atoms with Gasteiger partial charge in [-0.1, -0.05) is 6.92 Å². The van der Waals surface area contributed by atoms with Gasteiger partial charge in [-0.2, -0.15) is 0 Å². The first-order valence-corrected chi connectivity index (χ1v) is 5.54. The third-order valence-electron chi connectivity index (χ3n) is 1.66. The number of rotatable bonds is 6. The summed E-state index contributed by atoms with van der Waals surface area (Å²) in [5.74, 6) is -0.892. The largest absolute Gasteiger partial charge is 0.481 e. The maximum Gasteiger partial charge on any atom is 0.304 e. The first-order chi connectivity index (χ1) is 5.61. The summed E-state index contributed by atoms with van der Waals surface area (Å²) in [4.78, 5) is 10.3. The number of hydrogen-bond donors (Lipinski definition) is 1. The van der Waals surface area contributed by atoms with Crippen molar-refractivity contribution < 1.29 is 19.2 Å². The molecule has 0 bridgehead atoms. The topological polar surface area (TPSA) is 63.6 Å². The van der Waals surface area contributed by atoms with Gasteiger partial charge in [0.2, 0.25) is 0 Å². The molecule has 0 aromatic carbocycles. The predicted octanol–water partition coefficient (Wildman–Crippen LogP) is 1.40. The lowest BCUT2D eigenvalue weighted by Gasteiger charge is -2.10. The highest BCUT2D eigenvalue weighted by molar-refractivity contribution is 7.45. The van der Waals surface area contributed by atoms with Crippen LogP contribution in [-0.2, 0) is 14.1 Å². The van der Waals surface area contributed by atoms with Gasteiger partial charge >= 0.3 is 5.97 Å². The fourth-order valence-corrected chi connectivity index (χ4v) is 2.33. The average Bonchev–Trinajstić information content (AvgIpc) is 2.00. The van der Waals surface area contributed by atoms with Crippen LogP contribution >= 0.6 is 7.80 Å². The quantitative estimate of drug-likeness (QED) is 0.649. The summed E-state index contributed by atoms with van der Waals surface area (Å²) in [6.45, 7) is 1.84. The van der Waals surface area contributed by atoms with Gasteiger partial charge in [0.05, 0.1) is 12.8 Å². The molecule has 2 atom stereocenters. The van der Waals surface area contributed by atoms with Crippen LogP contribution < -0.4 is 0 Å². The van der Waals surface area contributed by atoms with Crippen LogP contribution in [0.3, 0.4) is 0 Å². The molecular weight excluding hydrogens is 179 g/mol. The van der Waals surface area contributed by atoms with E-state index in [2.05, 4.69) is 0 Å². The molecule has 0 saturated heterocycles. The summed E-state index contributed by atoms with van der Waals surface area (Å²) < 4.78 is 16.0. The third kappa shape index (κ3) is 4.52. The summed E-state index contributed by atoms with van der Waals surface area (Å²) in [6.07, 6.45) is 0.807. The van der Waals surface area contributed by atoms with Crippen LogP contribution in [0.5, 0.6) is 0 Å². The van der Waals surface area contributed by atoms with Gasteiger partial charge in [-0.25, -0.2) is 0 Å². The Kier molecular flexibility index (Phi) is 6.03. The van der Waals surface area contributed by atoms with Gasteiger partial charge in [-0.15, -0.1) is 0 Å². The molecule has 0 fully saturated rings. The lowest BCUT2D eigenvalue weighted by Crippen LogP contribution is -2.09. The molecule has 0 heterocycles. The van der Waals surface area contributed by atoms with E-state index in [0.29, 0.717) is 6.42 Å². The molecule has 0 aliphatic carbocycles. The van der Waals surface area contributed by atoms with Crippen molar-refractivity contribution in [2.45, 2.75) is 25.4 Å². The van der Waals surface area contributed by atoms with Crippen molar-refractivity contribution in [2.75, 3.05) is 13.5 Å². The van der Waals surface area contributed by atoms with E-state index in [1.165, 1.54) is 7.11 Å². The third-order valence-corrected chi connectivity index (χ3v) is 3.75. The minimum absolute atomic E-state index is 0.0162. The van der Waals surface area contributed by atoms with Crippen molar-refractivity contribution in [3.05, 3.63) is 0 Å². The zero-order valence-electron chi connectivity index (χ0n) is 7.37. The molecule has 0 saturated carbocycles. The van der Waals surface area contributed by atoms with Crippen LogP contribution in [0.25, 0.3) is 0 Å². The maximum absolute atomic E-state index is 11.3. The summed E-state index contributed by atoms with van der Waals surface area (Å²) in [7, 11) is -0.410. The Morgan fingerprint density at radius 1 is 1.67 bits per heavy atom. The first-order valence-electron chi connectivity index (χ1n) is 3.85. The van der Waals surface area contributed by atoms with Gasteiger partial charge in [-0.3, -0.25) is 4.79 Å². The lowest BCUT2D eigenvalue weighted by atomic mass is 10.2. The van der Waals surface area contributed by atoms with Crippen LogP contribution in [0.1, 0.15) is 19.8 Å². The van der Waals surface area contributed by atoms with E-state index in [-0.39, 0.29) is 18.4 Å². The molecule has 1 N–H and O–H groups in total. The van der Waals surface area contributed by atoms with Gasteiger partial charge in [0.25, 0.3) is 0 Å². The first kappa shape index (κ1) is 11.7. The van der Waals surface area contributed by atoms with E-state index < -0.39 is 13.8 Å². The second-order valence-corrected chi connectivity index (χ2v) is 4.64. The smallest absolute Gasteiger partial charge is 0.304 e. The SMILES string of the molecule is CCC(CC(=O)O)[PH](=O)COC. The number of hydrogen-bond acceptors (Lipinski definition) is 3. The van der Waals surface area contributed by atoms with Crippen LogP contribution in [-0.4, -0.2) is 30.2 Å². The molecule has 2 unspecified atom stereocenters. The summed E-state index contributed by atoms with van der Waals surface area (Å²) >= 11 is 0. The van der Waals surface area contributed by atoms with E-state index in [1.807, 2.05) is 6.92 Å². The van der Waals surface area contributed by atoms with Crippen molar-refractivity contribution >= 4 is 13.8 Å². The van der Waals surface area contributed by atoms with Crippen LogP contribution in [0.15, 0.2) is 0 Å². The molecule has 5 heteroatoms. The van der Waals surface area contributed by atoms with E-state index in [9.17, 15) is 9.36 Å². The fraction of sp³-hybridized carbons (Fsp3) is 0.857. The monoisotopic (exact) mass is 194 g/mol. The summed E-state index contributed by atoms with van der Waals surface area (Å²) in [5.41, 5.74) is -0.215. The molecule has 0 aliphatic heterocycles. The highest BCUT2D eigenvalue weighted by atomic mass is 31.1. The van der Waals surface area contributed by atoms with Crippen molar-refractivity contribution in [3.8, 4) is 0 Å². The van der Waals surface area contributed by atoms with Crippen molar-refractivity contribution in [2.24, 2.45) is 0 Å². The Morgan fingerprint density at radius 3 is 2.58 bits per heavy atom. The van der Waals surface area contributed by atoms with Crippen LogP contribution in [0, 0.1) is 0 Å². The van der Waals surface area contributed by atoms with Crippen molar-refractivity contribution in [3.63, 3.8) is 0 Å². The van der Waals surface area contributed by atoms with E-state index in [1.54, 1.807) is 0 Å². The average molecular weight is 194 g/mol. The van der Waals surface area contributed by atoms with Gasteiger partial charge in [-0.05, 0) is 6.42 Å². The van der Waals surface area contributed by atoms with Crippen LogP contribution in [0.4, 0.5) is 0 Å². The second-order valence-electron chi connectivity index (χ2n) is 2.60. The van der Waals surface area contributed by atoms with Gasteiger partial charge in [0, 0.05) is 12.8 Å². The van der Waals surface area contributed by atoms with Gasteiger partial charge in [0.15, 0.2) is 0 Å². The zero-order chi connectivity index (χ0) is 9.56. The van der Waals surface area contributed by atoms with Gasteiger partial charge in [0.1, 0.15) is 7.80 Å². The maximum atomic E-state index is 11.3. The van der Waals surface area contributed by atoms with E-state index in [0.717, 1.165) is 0 Å². The fourth-order valence-electron chi connectivity index (χ4n) is 0.957. The van der Waals surface area contributed by atoms with E-state index >= 15 is 0 Å². The summed E-state index contributed by atoms with van der Waals surface area (Å²) in [5, 5.41) is 8.47. The van der Waals surface area contributed by atoms with Crippen molar-refractivity contribution in [1.29, 1.82) is 0 Å². The molecule has 4 nitrogen and oxygen atoms in total. The molecular formula is C7H15O4P. The molecule has 0 aromatic rings. The van der Waals surface area contributed by atoms with E-state index in [4.69, 9.17) is 9.84 Å². The summed E-state index contributed by atoms with van der Waals surface area (Å²) in [6, 6.07) is 0. The number of carboxylic acids is 1. The normalized spacial score (nSPS) is 15.5. The molecule has 0 aliphatic rings. The Bertz CT molecular complexity index is 169. The number of aliphatic carboxylic acids is 1. The predicted molar refractivity (Wildman–Crippen MR) is 47.2 cm³/mol. The molecule has 0 spiro atoms. The molecule has 0 amide bonds. The minimum Gasteiger partial charge on any atom is -0.481 e. The second kappa shape index (κ2) is 6.21. The Hall–Kier alpha value is -0.340. The number of carboxylic acid groups (broad SMARTS) is 1. The van der Waals surface area contributed by atoms with Crippen molar-refractivity contribution in [1.82, 2.24) is 0 Å². The Balaban J connectivity index is 3.96. The minimum atomic E-state index is -1.88. The molecule has 0 rings (SSSR count). The number of ether oxygens (including phenoxy) is 1.